The number of rotatable bonds is 1. The number of benzene rings is 1. The first kappa shape index (κ1) is 14.8. The Hall–Kier alpha value is -2.73. The zero-order chi connectivity index (χ0) is 16.7. The predicted molar refractivity (Wildman–Crippen MR) is 90.1 cm³/mol. The number of nitrogens with one attached hydrogen (secondary N) is 1. The van der Waals surface area contributed by atoms with Crippen molar-refractivity contribution in [3.8, 4) is 0 Å². The number of pyridine rings is 1. The van der Waals surface area contributed by atoms with Crippen LogP contribution in [-0.2, 0) is 13.0 Å². The molecule has 7 heteroatoms. The topological polar surface area (TPSA) is 79.0 Å². The van der Waals surface area contributed by atoms with Crippen molar-refractivity contribution in [2.75, 3.05) is 6.54 Å². The lowest BCUT2D eigenvalue weighted by atomic mass is 10.0. The SMILES string of the molecule is O=C(c1c(Cl)ccc2ncccc12)N1CCc2c(nc[nH]c2=O)C1. The smallest absolute Gasteiger partial charge is 0.256 e. The number of carbonyl (C=O) groups is 1. The van der Waals surface area contributed by atoms with E-state index >= 15 is 0 Å². The van der Waals surface area contributed by atoms with Gasteiger partial charge in [-0.25, -0.2) is 4.98 Å². The fourth-order valence-corrected chi connectivity index (χ4v) is 3.29. The van der Waals surface area contributed by atoms with Gasteiger partial charge in [0.05, 0.1) is 34.7 Å². The number of amides is 1. The molecule has 0 spiro atoms. The highest BCUT2D eigenvalue weighted by molar-refractivity contribution is 6.35. The molecule has 24 heavy (non-hydrogen) atoms. The summed E-state index contributed by atoms with van der Waals surface area (Å²) in [5, 5.41) is 1.12. The summed E-state index contributed by atoms with van der Waals surface area (Å²) in [6.07, 6.45) is 3.52. The van der Waals surface area contributed by atoms with Crippen molar-refractivity contribution >= 4 is 28.4 Å². The van der Waals surface area contributed by atoms with Crippen LogP contribution in [0, 0.1) is 0 Å². The van der Waals surface area contributed by atoms with Crippen molar-refractivity contribution < 1.29 is 4.79 Å². The first-order chi connectivity index (χ1) is 11.6. The van der Waals surface area contributed by atoms with Gasteiger partial charge in [-0.2, -0.15) is 0 Å². The molecule has 6 nitrogen and oxygen atoms in total. The molecule has 0 saturated carbocycles. The molecule has 2 aromatic heterocycles. The fourth-order valence-electron chi connectivity index (χ4n) is 3.04. The van der Waals surface area contributed by atoms with Crippen LogP contribution >= 0.6 is 11.6 Å². The molecule has 1 amide bonds. The molecule has 0 radical (unpaired) electrons. The van der Waals surface area contributed by atoms with Gasteiger partial charge in [-0.3, -0.25) is 14.6 Å². The second kappa shape index (κ2) is 5.72. The van der Waals surface area contributed by atoms with Gasteiger partial charge >= 0.3 is 0 Å². The third-order valence-electron chi connectivity index (χ3n) is 4.25. The summed E-state index contributed by atoms with van der Waals surface area (Å²) in [6, 6.07) is 7.09. The Labute approximate surface area is 142 Å². The van der Waals surface area contributed by atoms with Gasteiger partial charge in [0.15, 0.2) is 0 Å². The number of H-pyrrole nitrogens is 1. The molecule has 0 bridgehead atoms. The standard InChI is InChI=1S/C17H13ClN4O2/c18-12-3-4-13-10(2-1-6-19-13)15(12)17(24)22-7-5-11-14(8-22)20-9-21-16(11)23/h1-4,6,9H,5,7-8H2,(H,20,21,23). The lowest BCUT2D eigenvalue weighted by Crippen LogP contribution is -2.39. The van der Waals surface area contributed by atoms with Gasteiger partial charge < -0.3 is 9.88 Å². The van der Waals surface area contributed by atoms with Crippen LogP contribution in [0.1, 0.15) is 21.6 Å². The van der Waals surface area contributed by atoms with E-state index in [1.165, 1.54) is 6.33 Å². The molecule has 1 aromatic carbocycles. The number of aromatic amines is 1. The summed E-state index contributed by atoms with van der Waals surface area (Å²) in [5.41, 5.74) is 2.30. The molecule has 3 heterocycles. The minimum absolute atomic E-state index is 0.139. The van der Waals surface area contributed by atoms with Crippen LogP contribution in [0.3, 0.4) is 0 Å². The molecular weight excluding hydrogens is 328 g/mol. The highest BCUT2D eigenvalue weighted by Crippen LogP contribution is 2.27. The van der Waals surface area contributed by atoms with Crippen molar-refractivity contribution in [1.29, 1.82) is 0 Å². The normalized spacial score (nSPS) is 13.8. The summed E-state index contributed by atoms with van der Waals surface area (Å²) in [4.78, 5) is 37.5. The number of nitrogens with zero attached hydrogens (tertiary/aromatic N) is 3. The Morgan fingerprint density at radius 2 is 2.12 bits per heavy atom. The van der Waals surface area contributed by atoms with Crippen molar-refractivity contribution in [3.63, 3.8) is 0 Å². The predicted octanol–water partition coefficient (Wildman–Crippen LogP) is 2.17. The number of halogens is 1. The van der Waals surface area contributed by atoms with Crippen LogP contribution in [-0.4, -0.2) is 32.3 Å². The van der Waals surface area contributed by atoms with Crippen LogP contribution in [0.25, 0.3) is 10.9 Å². The summed E-state index contributed by atoms with van der Waals surface area (Å²) in [5.74, 6) is -0.175. The van der Waals surface area contributed by atoms with Gasteiger partial charge in [-0.1, -0.05) is 17.7 Å². The lowest BCUT2D eigenvalue weighted by Gasteiger charge is -2.28. The maximum absolute atomic E-state index is 13.0. The minimum Gasteiger partial charge on any atom is -0.332 e. The van der Waals surface area contributed by atoms with E-state index in [-0.39, 0.29) is 11.5 Å². The van der Waals surface area contributed by atoms with Crippen LogP contribution in [0.5, 0.6) is 0 Å². The van der Waals surface area contributed by atoms with E-state index in [4.69, 9.17) is 11.6 Å². The maximum atomic E-state index is 13.0. The molecule has 4 rings (SSSR count). The molecule has 0 unspecified atom stereocenters. The summed E-state index contributed by atoms with van der Waals surface area (Å²) in [6.45, 7) is 0.749. The molecule has 0 atom stereocenters. The van der Waals surface area contributed by atoms with Crippen molar-refractivity contribution in [2.45, 2.75) is 13.0 Å². The molecule has 0 aliphatic carbocycles. The summed E-state index contributed by atoms with van der Waals surface area (Å²) < 4.78 is 0. The van der Waals surface area contributed by atoms with Gasteiger partial charge in [0.1, 0.15) is 0 Å². The lowest BCUT2D eigenvalue weighted by molar-refractivity contribution is 0.0733. The molecule has 1 N–H and O–H groups in total. The first-order valence-electron chi connectivity index (χ1n) is 7.53. The molecule has 120 valence electrons. The second-order valence-corrected chi connectivity index (χ2v) is 6.03. The van der Waals surface area contributed by atoms with Gasteiger partial charge in [-0.05, 0) is 24.6 Å². The Morgan fingerprint density at radius 3 is 3.00 bits per heavy atom. The van der Waals surface area contributed by atoms with E-state index in [1.54, 1.807) is 29.3 Å². The maximum Gasteiger partial charge on any atom is 0.256 e. The third-order valence-corrected chi connectivity index (χ3v) is 4.56. The average molecular weight is 341 g/mol. The molecular formula is C17H13ClN4O2. The van der Waals surface area contributed by atoms with Crippen molar-refractivity contribution in [1.82, 2.24) is 19.9 Å². The van der Waals surface area contributed by atoms with Crippen molar-refractivity contribution in [2.24, 2.45) is 0 Å². The zero-order valence-electron chi connectivity index (χ0n) is 12.6. The van der Waals surface area contributed by atoms with E-state index in [0.29, 0.717) is 41.4 Å². The van der Waals surface area contributed by atoms with Gasteiger partial charge in [0.2, 0.25) is 0 Å². The number of carbonyl (C=O) groups excluding carboxylic acids is 1. The first-order valence-corrected chi connectivity index (χ1v) is 7.91. The highest BCUT2D eigenvalue weighted by atomic mass is 35.5. The number of hydrogen-bond donors (Lipinski definition) is 1. The van der Waals surface area contributed by atoms with E-state index in [9.17, 15) is 9.59 Å². The number of aromatic nitrogens is 3. The Balaban J connectivity index is 1.76. The van der Waals surface area contributed by atoms with Crippen LogP contribution < -0.4 is 5.56 Å². The molecule has 3 aromatic rings. The minimum atomic E-state index is -0.175. The zero-order valence-corrected chi connectivity index (χ0v) is 13.4. The Morgan fingerprint density at radius 1 is 1.25 bits per heavy atom. The van der Waals surface area contributed by atoms with Gasteiger partial charge in [0, 0.05) is 23.7 Å². The van der Waals surface area contributed by atoms with E-state index in [2.05, 4.69) is 15.0 Å². The number of hydrogen-bond acceptors (Lipinski definition) is 4. The second-order valence-electron chi connectivity index (χ2n) is 5.63. The quantitative estimate of drug-likeness (QED) is 0.736. The largest absolute Gasteiger partial charge is 0.332 e. The van der Waals surface area contributed by atoms with Gasteiger partial charge in [0.25, 0.3) is 11.5 Å². The van der Waals surface area contributed by atoms with E-state index in [0.717, 1.165) is 10.9 Å². The van der Waals surface area contributed by atoms with E-state index in [1.807, 2.05) is 6.07 Å². The van der Waals surface area contributed by atoms with Crippen LogP contribution in [0.2, 0.25) is 5.02 Å². The van der Waals surface area contributed by atoms with E-state index < -0.39 is 0 Å². The Kier molecular flexibility index (Phi) is 3.54. The average Bonchev–Trinajstić information content (AvgIpc) is 2.61. The number of fused-ring (bicyclic) bond motifs is 2. The fraction of sp³-hybridized carbons (Fsp3) is 0.176. The summed E-state index contributed by atoms with van der Waals surface area (Å²) >= 11 is 6.30. The molecule has 0 saturated heterocycles. The summed E-state index contributed by atoms with van der Waals surface area (Å²) in [7, 11) is 0. The Bertz CT molecular complexity index is 1010. The van der Waals surface area contributed by atoms with Crippen LogP contribution in [0.4, 0.5) is 0 Å². The van der Waals surface area contributed by atoms with Gasteiger partial charge in [-0.15, -0.1) is 0 Å². The molecule has 1 aliphatic rings. The van der Waals surface area contributed by atoms with Crippen molar-refractivity contribution in [3.05, 3.63) is 69.0 Å². The molecule has 0 fully saturated rings. The highest BCUT2D eigenvalue weighted by Gasteiger charge is 2.26. The van der Waals surface area contributed by atoms with Crippen LogP contribution in [0.15, 0.2) is 41.6 Å². The third kappa shape index (κ3) is 2.35. The monoisotopic (exact) mass is 340 g/mol. The molecule has 1 aliphatic heterocycles.